The van der Waals surface area contributed by atoms with Crippen molar-refractivity contribution < 1.29 is 0 Å². The van der Waals surface area contributed by atoms with E-state index in [1.807, 2.05) is 30.5 Å². The second kappa shape index (κ2) is 6.10. The van der Waals surface area contributed by atoms with E-state index in [1.165, 1.54) is 22.4 Å². The molecule has 0 aromatic heterocycles. The molecule has 0 bridgehead atoms. The number of rotatable bonds is 2. The first-order valence-electron chi connectivity index (χ1n) is 8.16. The van der Waals surface area contributed by atoms with Crippen LogP contribution in [0.25, 0.3) is 5.57 Å². The number of hydrogen-bond donors (Lipinski definition) is 0. The zero-order chi connectivity index (χ0) is 17.5. The molecule has 2 aromatic rings. The Morgan fingerprint density at radius 2 is 1.83 bits per heavy atom. The smallest absolute Gasteiger partial charge is 0.0816 e. The summed E-state index contributed by atoms with van der Waals surface area (Å²) in [6.07, 6.45) is 4.23. The molecular weight excluding hydrogens is 316 g/mol. The van der Waals surface area contributed by atoms with Crippen molar-refractivity contribution in [1.82, 2.24) is 0 Å². The van der Waals surface area contributed by atoms with Gasteiger partial charge in [-0.25, -0.2) is 0 Å². The summed E-state index contributed by atoms with van der Waals surface area (Å²) in [4.78, 5) is 6.90. The molecule has 24 heavy (non-hydrogen) atoms. The highest BCUT2D eigenvalue weighted by molar-refractivity contribution is 6.33. The average molecular weight is 339 g/mol. The van der Waals surface area contributed by atoms with Crippen LogP contribution in [0.5, 0.6) is 0 Å². The molecule has 2 aromatic carbocycles. The van der Waals surface area contributed by atoms with E-state index in [9.17, 15) is 0 Å². The quantitative estimate of drug-likeness (QED) is 0.610. The normalized spacial score (nSPS) is 16.2. The molecule has 0 atom stereocenters. The first kappa shape index (κ1) is 16.8. The maximum Gasteiger partial charge on any atom is 0.0816 e. The van der Waals surface area contributed by atoms with Gasteiger partial charge in [-0.3, -0.25) is 4.99 Å². The van der Waals surface area contributed by atoms with Crippen LogP contribution in [0, 0.1) is 6.92 Å². The summed E-state index contributed by atoms with van der Waals surface area (Å²) in [5.74, 6) is 0. The molecule has 2 nitrogen and oxygen atoms in total. The Hall–Kier alpha value is -2.06. The van der Waals surface area contributed by atoms with Gasteiger partial charge in [0.25, 0.3) is 0 Å². The number of nitrogens with zero attached hydrogens (tertiary/aromatic N) is 2. The topological polar surface area (TPSA) is 15.6 Å². The van der Waals surface area contributed by atoms with Gasteiger partial charge in [0, 0.05) is 24.5 Å². The third-order valence-electron chi connectivity index (χ3n) is 4.80. The number of para-hydroxylation sites is 1. The van der Waals surface area contributed by atoms with Crippen molar-refractivity contribution >= 4 is 34.8 Å². The Kier molecular flexibility index (Phi) is 4.27. The van der Waals surface area contributed by atoms with Crippen LogP contribution in [-0.4, -0.2) is 18.8 Å². The standard InChI is InChI=1S/C21H23ClN2/c1-14-10-20-17(15(2)12-21(3,4)24(20)5)11-16(14)13-23-19-9-7-6-8-18(19)22/h6-13H,1-5H3. The predicted octanol–water partition coefficient (Wildman–Crippen LogP) is 6.03. The predicted molar refractivity (Wildman–Crippen MR) is 106 cm³/mol. The van der Waals surface area contributed by atoms with E-state index < -0.39 is 0 Å². The van der Waals surface area contributed by atoms with Crippen LogP contribution in [0.15, 0.2) is 47.5 Å². The zero-order valence-corrected chi connectivity index (χ0v) is 15.6. The van der Waals surface area contributed by atoms with Gasteiger partial charge in [0.15, 0.2) is 0 Å². The summed E-state index contributed by atoms with van der Waals surface area (Å²) in [7, 11) is 2.15. The van der Waals surface area contributed by atoms with E-state index in [4.69, 9.17) is 11.6 Å². The van der Waals surface area contributed by atoms with E-state index in [0.717, 1.165) is 11.3 Å². The summed E-state index contributed by atoms with van der Waals surface area (Å²) in [6, 6.07) is 12.1. The molecule has 3 heteroatoms. The SMILES string of the molecule is CC1=CC(C)(C)N(C)c2cc(C)c(C=Nc3ccccc3Cl)cc21. The second-order valence-electron chi connectivity index (χ2n) is 6.98. The van der Waals surface area contributed by atoms with Gasteiger partial charge in [-0.05, 0) is 68.7 Å². The van der Waals surface area contributed by atoms with Gasteiger partial charge in [-0.2, -0.15) is 0 Å². The highest BCUT2D eigenvalue weighted by Crippen LogP contribution is 2.39. The highest BCUT2D eigenvalue weighted by Gasteiger charge is 2.28. The van der Waals surface area contributed by atoms with Crippen molar-refractivity contribution in [2.45, 2.75) is 33.2 Å². The van der Waals surface area contributed by atoms with Crippen molar-refractivity contribution in [3.05, 3.63) is 64.2 Å². The van der Waals surface area contributed by atoms with Crippen LogP contribution in [0.3, 0.4) is 0 Å². The lowest BCUT2D eigenvalue weighted by molar-refractivity contribution is 0.597. The fraction of sp³-hybridized carbons (Fsp3) is 0.286. The summed E-state index contributed by atoms with van der Waals surface area (Å²) >= 11 is 6.19. The minimum Gasteiger partial charge on any atom is -0.365 e. The van der Waals surface area contributed by atoms with E-state index in [1.54, 1.807) is 0 Å². The lowest BCUT2D eigenvalue weighted by atomic mass is 9.87. The van der Waals surface area contributed by atoms with Gasteiger partial charge >= 0.3 is 0 Å². The van der Waals surface area contributed by atoms with Gasteiger partial charge in [0.05, 0.1) is 16.2 Å². The summed E-state index contributed by atoms with van der Waals surface area (Å²) in [5, 5.41) is 0.668. The summed E-state index contributed by atoms with van der Waals surface area (Å²) in [5.41, 5.74) is 6.99. The van der Waals surface area contributed by atoms with E-state index in [2.05, 4.69) is 62.8 Å². The molecule has 0 amide bonds. The minimum atomic E-state index is 0.0245. The number of allylic oxidation sites excluding steroid dienone is 1. The fourth-order valence-corrected chi connectivity index (χ4v) is 3.34. The Balaban J connectivity index is 2.04. The van der Waals surface area contributed by atoms with Gasteiger partial charge in [0.1, 0.15) is 0 Å². The second-order valence-corrected chi connectivity index (χ2v) is 7.38. The molecule has 0 saturated heterocycles. The first-order valence-corrected chi connectivity index (χ1v) is 8.54. The zero-order valence-electron chi connectivity index (χ0n) is 14.9. The number of hydrogen-bond acceptors (Lipinski definition) is 2. The average Bonchev–Trinajstić information content (AvgIpc) is 2.52. The van der Waals surface area contributed by atoms with Gasteiger partial charge in [0.2, 0.25) is 0 Å². The number of fused-ring (bicyclic) bond motifs is 1. The molecular formula is C21H23ClN2. The number of likely N-dealkylation sites (N-methyl/N-ethyl adjacent to an activating group) is 1. The molecule has 0 N–H and O–H groups in total. The van der Waals surface area contributed by atoms with Gasteiger partial charge in [-0.1, -0.05) is 29.8 Å². The van der Waals surface area contributed by atoms with E-state index >= 15 is 0 Å². The molecule has 0 aliphatic carbocycles. The van der Waals surface area contributed by atoms with E-state index in [-0.39, 0.29) is 5.54 Å². The molecule has 0 fully saturated rings. The Bertz CT molecular complexity index is 847. The number of halogens is 1. The Morgan fingerprint density at radius 1 is 1.12 bits per heavy atom. The largest absolute Gasteiger partial charge is 0.365 e. The number of aliphatic imine (C=N–C) groups is 1. The Morgan fingerprint density at radius 3 is 2.54 bits per heavy atom. The number of anilines is 1. The van der Waals surface area contributed by atoms with E-state index in [0.29, 0.717) is 5.02 Å². The molecule has 0 unspecified atom stereocenters. The number of aryl methyl sites for hydroxylation is 1. The summed E-state index contributed by atoms with van der Waals surface area (Å²) < 4.78 is 0. The van der Waals surface area contributed by atoms with Crippen molar-refractivity contribution in [2.75, 3.05) is 11.9 Å². The summed E-state index contributed by atoms with van der Waals surface area (Å²) in [6.45, 7) is 8.78. The monoisotopic (exact) mass is 338 g/mol. The number of benzene rings is 2. The molecule has 124 valence electrons. The third-order valence-corrected chi connectivity index (χ3v) is 5.12. The van der Waals surface area contributed by atoms with Gasteiger partial charge in [-0.15, -0.1) is 0 Å². The highest BCUT2D eigenvalue weighted by atomic mass is 35.5. The van der Waals surface area contributed by atoms with Crippen LogP contribution >= 0.6 is 11.6 Å². The van der Waals surface area contributed by atoms with Crippen LogP contribution in [0.1, 0.15) is 37.5 Å². The van der Waals surface area contributed by atoms with Crippen LogP contribution in [-0.2, 0) is 0 Å². The maximum absolute atomic E-state index is 6.19. The minimum absolute atomic E-state index is 0.0245. The van der Waals surface area contributed by atoms with Crippen LogP contribution < -0.4 is 4.90 Å². The first-order chi connectivity index (χ1) is 11.3. The van der Waals surface area contributed by atoms with Gasteiger partial charge < -0.3 is 4.90 Å². The van der Waals surface area contributed by atoms with Crippen LogP contribution in [0.4, 0.5) is 11.4 Å². The molecule has 3 rings (SSSR count). The molecule has 0 radical (unpaired) electrons. The Labute approximate surface area is 149 Å². The lowest BCUT2D eigenvalue weighted by Crippen LogP contribution is -2.42. The fourth-order valence-electron chi connectivity index (χ4n) is 3.15. The van der Waals surface area contributed by atoms with Crippen molar-refractivity contribution in [3.63, 3.8) is 0 Å². The molecule has 0 spiro atoms. The third kappa shape index (κ3) is 2.99. The maximum atomic E-state index is 6.19. The van der Waals surface area contributed by atoms with Crippen molar-refractivity contribution in [1.29, 1.82) is 0 Å². The van der Waals surface area contributed by atoms with Crippen molar-refractivity contribution in [3.8, 4) is 0 Å². The lowest BCUT2D eigenvalue weighted by Gasteiger charge is -2.41. The van der Waals surface area contributed by atoms with Crippen molar-refractivity contribution in [2.24, 2.45) is 4.99 Å². The molecule has 1 aliphatic heterocycles. The molecule has 1 heterocycles. The molecule has 1 aliphatic rings. The van der Waals surface area contributed by atoms with Crippen LogP contribution in [0.2, 0.25) is 5.02 Å². The molecule has 0 saturated carbocycles.